The number of carbonyl (C=O) groups is 1. The first-order chi connectivity index (χ1) is 10.6. The van der Waals surface area contributed by atoms with Crippen molar-refractivity contribution in [1.82, 2.24) is 14.3 Å². The van der Waals surface area contributed by atoms with Gasteiger partial charge in [0.05, 0.1) is 10.6 Å². The molecule has 3 aromatic rings. The lowest BCUT2D eigenvalue weighted by Crippen LogP contribution is -2.12. The Hall–Kier alpha value is -2.02. The maximum Gasteiger partial charge on any atom is 0.260 e. The molecule has 0 atom stereocenters. The molecule has 8 heteroatoms. The number of aromatic nitrogens is 3. The van der Waals surface area contributed by atoms with Crippen LogP contribution in [0.25, 0.3) is 11.4 Å². The van der Waals surface area contributed by atoms with Crippen LogP contribution in [0, 0.1) is 0 Å². The van der Waals surface area contributed by atoms with Crippen LogP contribution >= 0.6 is 34.7 Å². The predicted molar refractivity (Wildman–Crippen MR) is 87.6 cm³/mol. The van der Waals surface area contributed by atoms with E-state index in [-0.39, 0.29) is 16.6 Å². The average Bonchev–Trinajstić information content (AvgIpc) is 2.96. The van der Waals surface area contributed by atoms with Crippen molar-refractivity contribution in [2.45, 2.75) is 0 Å². The van der Waals surface area contributed by atoms with E-state index in [0.29, 0.717) is 21.5 Å². The zero-order valence-electron chi connectivity index (χ0n) is 11.0. The number of carbonyl (C=O) groups excluding carboxylic acids is 1. The number of halogens is 2. The largest absolute Gasteiger partial charge is 0.296 e. The van der Waals surface area contributed by atoms with Crippen molar-refractivity contribution >= 4 is 45.8 Å². The van der Waals surface area contributed by atoms with Crippen LogP contribution in [-0.4, -0.2) is 20.2 Å². The molecule has 1 amide bonds. The highest BCUT2D eigenvalue weighted by molar-refractivity contribution is 7.10. The number of anilines is 1. The second-order valence-corrected chi connectivity index (χ2v) is 5.72. The highest BCUT2D eigenvalue weighted by atomic mass is 35.5. The van der Waals surface area contributed by atoms with Gasteiger partial charge < -0.3 is 0 Å². The summed E-state index contributed by atoms with van der Waals surface area (Å²) in [7, 11) is 0. The fourth-order valence-corrected chi connectivity index (χ4v) is 2.75. The van der Waals surface area contributed by atoms with Crippen LogP contribution in [-0.2, 0) is 0 Å². The Morgan fingerprint density at radius 1 is 1.14 bits per heavy atom. The van der Waals surface area contributed by atoms with E-state index in [1.54, 1.807) is 18.2 Å². The van der Waals surface area contributed by atoms with Crippen LogP contribution in [0.4, 0.5) is 5.13 Å². The number of hydrogen-bond acceptors (Lipinski definition) is 5. The summed E-state index contributed by atoms with van der Waals surface area (Å²) in [6, 6.07) is 10.5. The van der Waals surface area contributed by atoms with Crippen LogP contribution in [0.5, 0.6) is 0 Å². The number of pyridine rings is 1. The lowest BCUT2D eigenvalue weighted by atomic mass is 10.2. The first-order valence-electron chi connectivity index (χ1n) is 6.15. The first kappa shape index (κ1) is 14.9. The minimum absolute atomic E-state index is 0.135. The van der Waals surface area contributed by atoms with Crippen molar-refractivity contribution in [2.75, 3.05) is 5.32 Å². The Balaban J connectivity index is 1.82. The third kappa shape index (κ3) is 3.09. The molecular formula is C14H8Cl2N4OS. The minimum atomic E-state index is -0.389. The van der Waals surface area contributed by atoms with Gasteiger partial charge in [-0.05, 0) is 24.3 Å². The van der Waals surface area contributed by atoms with E-state index in [1.807, 2.05) is 18.2 Å². The quantitative estimate of drug-likeness (QED) is 0.720. The smallest absolute Gasteiger partial charge is 0.260 e. The first-order valence-corrected chi connectivity index (χ1v) is 7.68. The zero-order valence-corrected chi connectivity index (χ0v) is 13.3. The monoisotopic (exact) mass is 350 g/mol. The molecule has 0 bridgehead atoms. The van der Waals surface area contributed by atoms with Gasteiger partial charge in [0.25, 0.3) is 5.91 Å². The molecule has 2 aromatic heterocycles. The van der Waals surface area contributed by atoms with Crippen molar-refractivity contribution in [1.29, 1.82) is 0 Å². The SMILES string of the molecule is O=C(Nc1nc(-c2ccccc2Cl)ns1)c1cccnc1Cl. The molecule has 2 heterocycles. The molecule has 110 valence electrons. The molecule has 1 aromatic carbocycles. The van der Waals surface area contributed by atoms with E-state index in [2.05, 4.69) is 19.7 Å². The summed E-state index contributed by atoms with van der Waals surface area (Å²) in [6.07, 6.45) is 1.51. The van der Waals surface area contributed by atoms with Crippen LogP contribution in [0.3, 0.4) is 0 Å². The molecule has 0 aliphatic carbocycles. The summed E-state index contributed by atoms with van der Waals surface area (Å²) in [5, 5.41) is 3.69. The van der Waals surface area contributed by atoms with Gasteiger partial charge in [0.1, 0.15) is 5.15 Å². The van der Waals surface area contributed by atoms with E-state index in [4.69, 9.17) is 23.2 Å². The molecule has 0 radical (unpaired) electrons. The molecule has 0 unspecified atom stereocenters. The van der Waals surface area contributed by atoms with Crippen LogP contribution < -0.4 is 5.32 Å². The maximum absolute atomic E-state index is 12.1. The molecule has 22 heavy (non-hydrogen) atoms. The molecule has 0 aliphatic heterocycles. The number of hydrogen-bond donors (Lipinski definition) is 1. The van der Waals surface area contributed by atoms with E-state index in [0.717, 1.165) is 11.5 Å². The number of amides is 1. The van der Waals surface area contributed by atoms with Gasteiger partial charge in [-0.3, -0.25) is 10.1 Å². The molecular weight excluding hydrogens is 343 g/mol. The summed E-state index contributed by atoms with van der Waals surface area (Å²) in [4.78, 5) is 20.2. The Morgan fingerprint density at radius 2 is 1.95 bits per heavy atom. The standard InChI is InChI=1S/C14H8Cl2N4OS/c15-10-6-2-1-4-8(10)12-18-14(22-20-12)19-13(21)9-5-3-7-17-11(9)16/h1-7H,(H,18,19,20,21). The average molecular weight is 351 g/mol. The second-order valence-electron chi connectivity index (χ2n) is 4.20. The topological polar surface area (TPSA) is 67.8 Å². The number of benzene rings is 1. The summed E-state index contributed by atoms with van der Waals surface area (Å²) in [6.45, 7) is 0. The van der Waals surface area contributed by atoms with Gasteiger partial charge in [-0.25, -0.2) is 4.98 Å². The highest BCUT2D eigenvalue weighted by Gasteiger charge is 2.15. The minimum Gasteiger partial charge on any atom is -0.296 e. The third-order valence-corrected chi connectivity index (χ3v) is 4.03. The molecule has 0 spiro atoms. The van der Waals surface area contributed by atoms with Crippen molar-refractivity contribution in [3.8, 4) is 11.4 Å². The molecule has 0 fully saturated rings. The number of nitrogens with zero attached hydrogens (tertiary/aromatic N) is 3. The lowest BCUT2D eigenvalue weighted by molar-refractivity contribution is 0.102. The van der Waals surface area contributed by atoms with E-state index in [1.165, 1.54) is 6.20 Å². The van der Waals surface area contributed by atoms with Crippen LogP contribution in [0.2, 0.25) is 10.2 Å². The van der Waals surface area contributed by atoms with Gasteiger partial charge in [0.15, 0.2) is 5.82 Å². The van der Waals surface area contributed by atoms with E-state index >= 15 is 0 Å². The molecule has 5 nitrogen and oxygen atoms in total. The van der Waals surface area contributed by atoms with E-state index in [9.17, 15) is 4.79 Å². The number of nitrogens with one attached hydrogen (secondary N) is 1. The van der Waals surface area contributed by atoms with Crippen molar-refractivity contribution in [3.63, 3.8) is 0 Å². The summed E-state index contributed by atoms with van der Waals surface area (Å²) >= 11 is 13.1. The Bertz CT molecular complexity index is 837. The fraction of sp³-hybridized carbons (Fsp3) is 0. The lowest BCUT2D eigenvalue weighted by Gasteiger charge is -2.02. The molecule has 0 saturated carbocycles. The summed E-state index contributed by atoms with van der Waals surface area (Å²) in [5.74, 6) is 0.0724. The van der Waals surface area contributed by atoms with Gasteiger partial charge in [-0.15, -0.1) is 0 Å². The predicted octanol–water partition coefficient (Wildman–Crippen LogP) is 4.16. The van der Waals surface area contributed by atoms with Crippen molar-refractivity contribution in [3.05, 3.63) is 58.3 Å². The third-order valence-electron chi connectivity index (χ3n) is 2.76. The second kappa shape index (κ2) is 6.39. The Labute approximate surface area is 140 Å². The van der Waals surface area contributed by atoms with Crippen LogP contribution in [0.15, 0.2) is 42.6 Å². The zero-order chi connectivity index (χ0) is 15.5. The molecule has 1 N–H and O–H groups in total. The Kier molecular flexibility index (Phi) is 4.33. The van der Waals surface area contributed by atoms with Gasteiger partial charge in [-0.2, -0.15) is 9.36 Å². The normalized spacial score (nSPS) is 10.5. The molecule has 3 rings (SSSR count). The summed E-state index contributed by atoms with van der Waals surface area (Å²) in [5.41, 5.74) is 0.985. The van der Waals surface area contributed by atoms with Gasteiger partial charge in [0.2, 0.25) is 5.13 Å². The highest BCUT2D eigenvalue weighted by Crippen LogP contribution is 2.27. The molecule has 0 saturated heterocycles. The van der Waals surface area contributed by atoms with Crippen LogP contribution in [0.1, 0.15) is 10.4 Å². The maximum atomic E-state index is 12.1. The van der Waals surface area contributed by atoms with Gasteiger partial charge >= 0.3 is 0 Å². The van der Waals surface area contributed by atoms with Crippen molar-refractivity contribution < 1.29 is 4.79 Å². The Morgan fingerprint density at radius 3 is 2.73 bits per heavy atom. The number of rotatable bonds is 3. The van der Waals surface area contributed by atoms with E-state index < -0.39 is 0 Å². The van der Waals surface area contributed by atoms with Gasteiger partial charge in [0, 0.05) is 23.3 Å². The summed E-state index contributed by atoms with van der Waals surface area (Å²) < 4.78 is 4.20. The molecule has 0 aliphatic rings. The van der Waals surface area contributed by atoms with Gasteiger partial charge in [-0.1, -0.05) is 35.3 Å². The van der Waals surface area contributed by atoms with Crippen molar-refractivity contribution in [2.24, 2.45) is 0 Å². The fourth-order valence-electron chi connectivity index (χ4n) is 1.75.